The van der Waals surface area contributed by atoms with Crippen LogP contribution in [0.2, 0.25) is 0 Å². The first-order valence-corrected chi connectivity index (χ1v) is 5.04. The predicted molar refractivity (Wildman–Crippen MR) is 58.3 cm³/mol. The summed E-state index contributed by atoms with van der Waals surface area (Å²) in [6.45, 7) is 0. The summed E-state index contributed by atoms with van der Waals surface area (Å²) in [7, 11) is -4.67. The van der Waals surface area contributed by atoms with E-state index in [4.69, 9.17) is 40.5 Å². The summed E-state index contributed by atoms with van der Waals surface area (Å²) in [6, 6.07) is 0. The maximum absolute atomic E-state index is 8.74. The number of nitrogen functional groups attached to an aromatic ring is 2. The molecule has 0 bridgehead atoms. The van der Waals surface area contributed by atoms with Gasteiger partial charge in [0.15, 0.2) is 5.96 Å². The highest BCUT2D eigenvalue weighted by Crippen LogP contribution is 2.05. The summed E-state index contributed by atoms with van der Waals surface area (Å²) in [5.74, 6) is -0.218. The molecular weight excluding hydrogens is 256 g/mol. The van der Waals surface area contributed by atoms with Gasteiger partial charge in [0.1, 0.15) is 0 Å². The molecule has 0 radical (unpaired) electrons. The zero-order valence-electron chi connectivity index (χ0n) is 8.22. The summed E-state index contributed by atoms with van der Waals surface area (Å²) in [5.41, 5.74) is 20.6. The van der Waals surface area contributed by atoms with Crippen LogP contribution in [0, 0.1) is 0 Å². The number of hydrogen-bond acceptors (Lipinski definition) is 8. The molecule has 1 heterocycles. The summed E-state index contributed by atoms with van der Waals surface area (Å²) < 4.78 is 31.6. The van der Waals surface area contributed by atoms with Gasteiger partial charge in [-0.1, -0.05) is 0 Å². The Morgan fingerprint density at radius 1 is 1.06 bits per heavy atom. The first-order valence-electron chi connectivity index (χ1n) is 3.64. The lowest BCUT2D eigenvalue weighted by atomic mass is 10.8. The minimum Gasteiger partial charge on any atom is -0.370 e. The van der Waals surface area contributed by atoms with Gasteiger partial charge in [0.25, 0.3) is 5.95 Å². The Morgan fingerprint density at radius 2 is 1.41 bits per heavy atom. The SMILES string of the molecule is NC(N)=Nc1nc(N)nc(N)n1.O=S(=O)(O)O. The molecule has 10 N–H and O–H groups in total. The molecule has 13 heteroatoms. The fourth-order valence-electron chi connectivity index (χ4n) is 0.563. The lowest BCUT2D eigenvalue weighted by Crippen LogP contribution is -2.22. The molecule has 1 rings (SSSR count). The topological polar surface area (TPSA) is 230 Å². The minimum atomic E-state index is -4.67. The van der Waals surface area contributed by atoms with Gasteiger partial charge in [0.05, 0.1) is 0 Å². The zero-order chi connectivity index (χ0) is 13.6. The molecule has 0 amide bonds. The standard InChI is InChI=1S/C4H8N8.H2O4S/c5-1(6)9-4-11-2(7)10-3(8)12-4;1-5(2,3)4/h(H8,5,6,7,8,9,10,11,12);(H2,1,2,3,4). The van der Waals surface area contributed by atoms with E-state index in [1.165, 1.54) is 0 Å². The first kappa shape index (κ1) is 14.8. The van der Waals surface area contributed by atoms with Gasteiger partial charge in [0, 0.05) is 0 Å². The third-order valence-corrected chi connectivity index (χ3v) is 0.887. The normalized spacial score (nSPS) is 10.0. The highest BCUT2D eigenvalue weighted by molar-refractivity contribution is 7.79. The van der Waals surface area contributed by atoms with E-state index >= 15 is 0 Å². The quantitative estimate of drug-likeness (QED) is 0.173. The van der Waals surface area contributed by atoms with Crippen LogP contribution < -0.4 is 22.9 Å². The third-order valence-electron chi connectivity index (χ3n) is 0.887. The number of anilines is 2. The molecule has 0 unspecified atom stereocenters. The second kappa shape index (κ2) is 5.73. The van der Waals surface area contributed by atoms with E-state index in [0.717, 1.165) is 0 Å². The third kappa shape index (κ3) is 10.0. The fourth-order valence-corrected chi connectivity index (χ4v) is 0.563. The maximum Gasteiger partial charge on any atom is 0.394 e. The Hall–Kier alpha value is -2.25. The van der Waals surface area contributed by atoms with E-state index < -0.39 is 10.4 Å². The van der Waals surface area contributed by atoms with Crippen LogP contribution in [-0.2, 0) is 10.4 Å². The molecule has 0 atom stereocenters. The Labute approximate surface area is 95.3 Å². The number of aliphatic imine (C=N–C) groups is 1. The van der Waals surface area contributed by atoms with Gasteiger partial charge in [-0.15, -0.1) is 0 Å². The van der Waals surface area contributed by atoms with Crippen LogP contribution >= 0.6 is 0 Å². The predicted octanol–water partition coefficient (Wildman–Crippen LogP) is -2.71. The van der Waals surface area contributed by atoms with Crippen LogP contribution in [0.1, 0.15) is 0 Å². The molecule has 12 nitrogen and oxygen atoms in total. The summed E-state index contributed by atoms with van der Waals surface area (Å²) in [6.07, 6.45) is 0. The van der Waals surface area contributed by atoms with E-state index in [1.807, 2.05) is 0 Å². The molecule has 17 heavy (non-hydrogen) atoms. The Bertz CT molecular complexity index is 480. The number of rotatable bonds is 1. The van der Waals surface area contributed by atoms with Crippen LogP contribution in [0.4, 0.5) is 17.8 Å². The molecule has 0 aromatic carbocycles. The van der Waals surface area contributed by atoms with Crippen molar-refractivity contribution in [3.05, 3.63) is 0 Å². The minimum absolute atomic E-state index is 0.000000000000000444. The van der Waals surface area contributed by atoms with Crippen molar-refractivity contribution in [3.8, 4) is 0 Å². The van der Waals surface area contributed by atoms with Crippen LogP contribution in [-0.4, -0.2) is 38.4 Å². The summed E-state index contributed by atoms with van der Waals surface area (Å²) in [4.78, 5) is 14.3. The Kier molecular flexibility index (Phi) is 4.97. The fraction of sp³-hybridized carbons (Fsp3) is 0. The van der Waals surface area contributed by atoms with Crippen molar-refractivity contribution in [2.45, 2.75) is 0 Å². The van der Waals surface area contributed by atoms with Gasteiger partial charge in [-0.2, -0.15) is 28.4 Å². The van der Waals surface area contributed by atoms with Crippen molar-refractivity contribution in [2.24, 2.45) is 16.5 Å². The van der Waals surface area contributed by atoms with Gasteiger partial charge >= 0.3 is 10.4 Å². The Morgan fingerprint density at radius 3 is 1.71 bits per heavy atom. The molecule has 0 aliphatic rings. The molecule has 1 aromatic heterocycles. The lowest BCUT2D eigenvalue weighted by molar-refractivity contribution is 0.381. The van der Waals surface area contributed by atoms with Gasteiger partial charge in [0.2, 0.25) is 11.9 Å². The molecule has 0 saturated heterocycles. The van der Waals surface area contributed by atoms with Crippen molar-refractivity contribution >= 4 is 34.2 Å². The molecule has 0 fully saturated rings. The maximum atomic E-state index is 8.74. The van der Waals surface area contributed by atoms with E-state index in [1.54, 1.807) is 0 Å². The smallest absolute Gasteiger partial charge is 0.370 e. The Balaban J connectivity index is 0.000000437. The highest BCUT2D eigenvalue weighted by atomic mass is 32.3. The molecule has 0 spiro atoms. The van der Waals surface area contributed by atoms with E-state index in [2.05, 4.69) is 19.9 Å². The lowest BCUT2D eigenvalue weighted by Gasteiger charge is -1.96. The van der Waals surface area contributed by atoms with Gasteiger partial charge in [-0.25, -0.2) is 0 Å². The second-order valence-electron chi connectivity index (χ2n) is 2.34. The number of hydrogen-bond donors (Lipinski definition) is 6. The molecule has 96 valence electrons. The molecular formula is C4H10N8O4S. The van der Waals surface area contributed by atoms with Crippen LogP contribution in [0.5, 0.6) is 0 Å². The first-order chi connectivity index (χ1) is 7.58. The molecule has 0 aliphatic heterocycles. The van der Waals surface area contributed by atoms with E-state index in [0.29, 0.717) is 0 Å². The largest absolute Gasteiger partial charge is 0.394 e. The van der Waals surface area contributed by atoms with Gasteiger partial charge in [-0.3, -0.25) is 9.11 Å². The zero-order valence-corrected chi connectivity index (χ0v) is 9.03. The van der Waals surface area contributed by atoms with Crippen molar-refractivity contribution < 1.29 is 17.5 Å². The monoisotopic (exact) mass is 266 g/mol. The van der Waals surface area contributed by atoms with E-state index in [-0.39, 0.29) is 23.8 Å². The molecule has 0 aliphatic carbocycles. The van der Waals surface area contributed by atoms with Crippen LogP contribution in [0.15, 0.2) is 4.99 Å². The van der Waals surface area contributed by atoms with Crippen molar-refractivity contribution in [1.29, 1.82) is 0 Å². The number of nitrogens with zero attached hydrogens (tertiary/aromatic N) is 4. The number of aromatic nitrogens is 3. The average Bonchev–Trinajstić information content (AvgIpc) is 1.95. The van der Waals surface area contributed by atoms with Crippen molar-refractivity contribution in [3.63, 3.8) is 0 Å². The summed E-state index contributed by atoms with van der Waals surface area (Å²) in [5, 5.41) is 0. The molecule has 0 saturated carbocycles. The highest BCUT2D eigenvalue weighted by Gasteiger charge is 1.99. The summed E-state index contributed by atoms with van der Waals surface area (Å²) >= 11 is 0. The average molecular weight is 266 g/mol. The van der Waals surface area contributed by atoms with Crippen LogP contribution in [0.3, 0.4) is 0 Å². The van der Waals surface area contributed by atoms with Gasteiger partial charge in [-0.05, 0) is 0 Å². The number of nitrogens with two attached hydrogens (primary N) is 4. The van der Waals surface area contributed by atoms with Gasteiger partial charge < -0.3 is 22.9 Å². The van der Waals surface area contributed by atoms with Crippen molar-refractivity contribution in [2.75, 3.05) is 11.5 Å². The second-order valence-corrected chi connectivity index (χ2v) is 3.23. The molecule has 1 aromatic rings. The van der Waals surface area contributed by atoms with E-state index in [9.17, 15) is 0 Å². The van der Waals surface area contributed by atoms with Crippen molar-refractivity contribution in [1.82, 2.24) is 15.0 Å². The number of guanidine groups is 1. The van der Waals surface area contributed by atoms with Crippen LogP contribution in [0.25, 0.3) is 0 Å².